The van der Waals surface area contributed by atoms with Crippen LogP contribution >= 0.6 is 0 Å². The van der Waals surface area contributed by atoms with E-state index in [4.69, 9.17) is 0 Å². The van der Waals surface area contributed by atoms with E-state index in [1.165, 1.54) is 17.5 Å². The first-order valence-corrected chi connectivity index (χ1v) is 8.34. The Balaban J connectivity index is 1.81. The molecule has 114 valence electrons. The molecule has 3 rings (SSSR count). The Morgan fingerprint density at radius 2 is 2.10 bits per heavy atom. The lowest BCUT2D eigenvalue weighted by atomic mass is 9.81. The van der Waals surface area contributed by atoms with E-state index in [-0.39, 0.29) is 5.92 Å². The monoisotopic (exact) mass is 286 g/mol. The number of nitrogens with zero attached hydrogens (tertiary/aromatic N) is 1. The summed E-state index contributed by atoms with van der Waals surface area (Å²) in [4.78, 5) is 15.3. The van der Waals surface area contributed by atoms with Gasteiger partial charge in [-0.25, -0.2) is 0 Å². The highest BCUT2D eigenvalue weighted by atomic mass is 16.2. The highest BCUT2D eigenvalue weighted by molar-refractivity contribution is 5.85. The summed E-state index contributed by atoms with van der Waals surface area (Å²) in [7, 11) is 1.98. The van der Waals surface area contributed by atoms with Crippen molar-refractivity contribution >= 4 is 5.91 Å². The molecule has 0 saturated carbocycles. The zero-order valence-corrected chi connectivity index (χ0v) is 13.0. The highest BCUT2D eigenvalue weighted by Gasteiger charge is 2.33. The van der Waals surface area contributed by atoms with Gasteiger partial charge in [0.1, 0.15) is 0 Å². The van der Waals surface area contributed by atoms with Crippen LogP contribution in [-0.2, 0) is 11.2 Å². The van der Waals surface area contributed by atoms with E-state index in [1.807, 2.05) is 7.05 Å². The van der Waals surface area contributed by atoms with Crippen molar-refractivity contribution < 1.29 is 4.79 Å². The fourth-order valence-electron chi connectivity index (χ4n) is 3.95. The Labute approximate surface area is 127 Å². The lowest BCUT2D eigenvalue weighted by Crippen LogP contribution is -2.50. The fraction of sp³-hybridized carbons (Fsp3) is 0.611. The van der Waals surface area contributed by atoms with Crippen LogP contribution in [0.25, 0.3) is 0 Å². The summed E-state index contributed by atoms with van der Waals surface area (Å²) >= 11 is 0. The molecule has 1 N–H and O–H groups in total. The molecule has 1 saturated heterocycles. The van der Waals surface area contributed by atoms with Gasteiger partial charge in [0.05, 0.1) is 5.92 Å². The van der Waals surface area contributed by atoms with E-state index in [0.29, 0.717) is 11.9 Å². The molecule has 1 aromatic carbocycles. The van der Waals surface area contributed by atoms with E-state index >= 15 is 0 Å². The molecule has 0 aromatic heterocycles. The molecule has 1 fully saturated rings. The van der Waals surface area contributed by atoms with Crippen LogP contribution in [-0.4, -0.2) is 37.0 Å². The summed E-state index contributed by atoms with van der Waals surface area (Å²) in [6.07, 6.45) is 6.81. The van der Waals surface area contributed by atoms with E-state index in [2.05, 4.69) is 34.5 Å². The second kappa shape index (κ2) is 6.61. The topological polar surface area (TPSA) is 32.3 Å². The number of likely N-dealkylation sites (tertiary alicyclic amines) is 1. The zero-order valence-electron chi connectivity index (χ0n) is 13.0. The van der Waals surface area contributed by atoms with Gasteiger partial charge in [-0.3, -0.25) is 4.79 Å². The minimum absolute atomic E-state index is 0.0902. The van der Waals surface area contributed by atoms with Crippen LogP contribution in [0, 0.1) is 0 Å². The molecule has 3 nitrogen and oxygen atoms in total. The maximum atomic E-state index is 13.1. The minimum Gasteiger partial charge on any atom is -0.338 e. The molecule has 2 unspecified atom stereocenters. The molecule has 0 spiro atoms. The van der Waals surface area contributed by atoms with Crippen LogP contribution in [0.4, 0.5) is 0 Å². The van der Waals surface area contributed by atoms with Crippen molar-refractivity contribution in [2.24, 2.45) is 0 Å². The summed E-state index contributed by atoms with van der Waals surface area (Å²) in [5.74, 6) is 0.453. The standard InChI is InChI=1S/C18H26N2O/c1-19-13-15-9-4-5-12-20(15)18(21)17-11-6-8-14-7-2-3-10-16(14)17/h2-3,7,10,15,17,19H,4-6,8-9,11-13H2,1H3. The number of piperidine rings is 1. The SMILES string of the molecule is CNCC1CCCCN1C(=O)C1CCCc2ccccc21. The van der Waals surface area contributed by atoms with E-state index < -0.39 is 0 Å². The molecule has 0 bridgehead atoms. The van der Waals surface area contributed by atoms with Gasteiger partial charge in [-0.15, -0.1) is 0 Å². The number of carbonyl (C=O) groups is 1. The number of aryl methyl sites for hydroxylation is 1. The van der Waals surface area contributed by atoms with E-state index in [1.54, 1.807) is 0 Å². The first-order chi connectivity index (χ1) is 10.3. The number of carbonyl (C=O) groups excluding carboxylic acids is 1. The quantitative estimate of drug-likeness (QED) is 0.926. The largest absolute Gasteiger partial charge is 0.338 e. The van der Waals surface area contributed by atoms with Crippen molar-refractivity contribution in [1.82, 2.24) is 10.2 Å². The molecule has 3 heteroatoms. The van der Waals surface area contributed by atoms with Gasteiger partial charge in [0.25, 0.3) is 0 Å². The van der Waals surface area contributed by atoms with Crippen molar-refractivity contribution in [3.8, 4) is 0 Å². The predicted molar refractivity (Wildman–Crippen MR) is 85.4 cm³/mol. The summed E-state index contributed by atoms with van der Waals surface area (Å²) in [5.41, 5.74) is 2.66. The van der Waals surface area contributed by atoms with Crippen LogP contribution in [0.1, 0.15) is 49.1 Å². The second-order valence-corrected chi connectivity index (χ2v) is 6.38. The van der Waals surface area contributed by atoms with Gasteiger partial charge in [0.15, 0.2) is 0 Å². The summed E-state index contributed by atoms with van der Waals surface area (Å²) < 4.78 is 0. The first-order valence-electron chi connectivity index (χ1n) is 8.34. The van der Waals surface area contributed by atoms with Crippen molar-refractivity contribution in [2.45, 2.75) is 50.5 Å². The Morgan fingerprint density at radius 3 is 2.95 bits per heavy atom. The minimum atomic E-state index is 0.0902. The molecule has 1 aromatic rings. The molecule has 0 radical (unpaired) electrons. The molecule has 2 aliphatic rings. The van der Waals surface area contributed by atoms with Gasteiger partial charge in [-0.1, -0.05) is 24.3 Å². The molecule has 1 amide bonds. The molecule has 2 atom stereocenters. The van der Waals surface area contributed by atoms with Crippen molar-refractivity contribution in [3.63, 3.8) is 0 Å². The van der Waals surface area contributed by atoms with Gasteiger partial charge in [0, 0.05) is 19.1 Å². The van der Waals surface area contributed by atoms with Gasteiger partial charge in [-0.2, -0.15) is 0 Å². The Morgan fingerprint density at radius 1 is 1.24 bits per heavy atom. The zero-order chi connectivity index (χ0) is 14.7. The fourth-order valence-corrected chi connectivity index (χ4v) is 3.95. The Hall–Kier alpha value is -1.35. The third-order valence-electron chi connectivity index (χ3n) is 5.02. The van der Waals surface area contributed by atoms with Gasteiger partial charge in [0.2, 0.25) is 5.91 Å². The third-order valence-corrected chi connectivity index (χ3v) is 5.02. The molecule has 21 heavy (non-hydrogen) atoms. The van der Waals surface area contributed by atoms with Crippen LogP contribution in [0.5, 0.6) is 0 Å². The summed E-state index contributed by atoms with van der Waals surface area (Å²) in [5, 5.41) is 3.25. The maximum Gasteiger partial charge on any atom is 0.230 e. The lowest BCUT2D eigenvalue weighted by molar-refractivity contribution is -0.136. The molecule has 1 aliphatic carbocycles. The van der Waals surface area contributed by atoms with Crippen LogP contribution in [0.15, 0.2) is 24.3 Å². The average molecular weight is 286 g/mol. The second-order valence-electron chi connectivity index (χ2n) is 6.38. The molecular weight excluding hydrogens is 260 g/mol. The number of nitrogens with one attached hydrogen (secondary N) is 1. The van der Waals surface area contributed by atoms with Crippen LogP contribution < -0.4 is 5.32 Å². The highest BCUT2D eigenvalue weighted by Crippen LogP contribution is 2.34. The third kappa shape index (κ3) is 2.98. The predicted octanol–water partition coefficient (Wildman–Crippen LogP) is 2.71. The molecule has 1 heterocycles. The van der Waals surface area contributed by atoms with Crippen molar-refractivity contribution in [1.29, 1.82) is 0 Å². The van der Waals surface area contributed by atoms with E-state index in [9.17, 15) is 4.79 Å². The number of amides is 1. The average Bonchev–Trinajstić information content (AvgIpc) is 2.54. The Bertz CT molecular complexity index is 498. The maximum absolute atomic E-state index is 13.1. The van der Waals surface area contributed by atoms with Gasteiger partial charge >= 0.3 is 0 Å². The van der Waals surface area contributed by atoms with Gasteiger partial charge in [-0.05, 0) is 56.7 Å². The summed E-state index contributed by atoms with van der Waals surface area (Å²) in [6.45, 7) is 1.85. The number of hydrogen-bond donors (Lipinski definition) is 1. The Kier molecular flexibility index (Phi) is 4.59. The smallest absolute Gasteiger partial charge is 0.230 e. The van der Waals surface area contributed by atoms with Crippen LogP contribution in [0.3, 0.4) is 0 Å². The molecular formula is C18H26N2O. The van der Waals surface area contributed by atoms with E-state index in [0.717, 1.165) is 45.2 Å². The normalized spacial score (nSPS) is 25.5. The summed E-state index contributed by atoms with van der Waals surface area (Å²) in [6, 6.07) is 8.90. The van der Waals surface area contributed by atoms with Crippen molar-refractivity contribution in [2.75, 3.05) is 20.1 Å². The number of rotatable bonds is 3. The van der Waals surface area contributed by atoms with Gasteiger partial charge < -0.3 is 10.2 Å². The number of likely N-dealkylation sites (N-methyl/N-ethyl adjacent to an activating group) is 1. The molecule has 1 aliphatic heterocycles. The lowest BCUT2D eigenvalue weighted by Gasteiger charge is -2.39. The van der Waals surface area contributed by atoms with Crippen molar-refractivity contribution in [3.05, 3.63) is 35.4 Å². The number of fused-ring (bicyclic) bond motifs is 1. The number of hydrogen-bond acceptors (Lipinski definition) is 2. The van der Waals surface area contributed by atoms with Crippen LogP contribution in [0.2, 0.25) is 0 Å². The number of benzene rings is 1. The first kappa shape index (κ1) is 14.6.